The average Bonchev–Trinajstić information content (AvgIpc) is 2.41. The molecule has 0 heterocycles. The minimum Gasteiger partial charge on any atom is -0.416 e. The SMILES string of the molecule is CC(C)(C)C(=C=Cc1ccc(Cl)cc1)CCO[Si](C)(C)C(C)(C)C. The molecule has 1 rings (SSSR count). The molecular weight excluding hydrogens is 332 g/mol. The van der Waals surface area contributed by atoms with Crippen molar-refractivity contribution < 1.29 is 4.43 Å². The first-order valence-corrected chi connectivity index (χ1v) is 12.0. The zero-order valence-electron chi connectivity index (χ0n) is 16.6. The van der Waals surface area contributed by atoms with Gasteiger partial charge in [-0.2, -0.15) is 0 Å². The zero-order chi connectivity index (χ0) is 18.6. The summed E-state index contributed by atoms with van der Waals surface area (Å²) in [4.78, 5) is 0. The maximum atomic E-state index is 6.33. The van der Waals surface area contributed by atoms with E-state index in [1.807, 2.05) is 30.3 Å². The Hall–Kier alpha value is -0.793. The summed E-state index contributed by atoms with van der Waals surface area (Å²) in [6.45, 7) is 18.9. The van der Waals surface area contributed by atoms with Gasteiger partial charge in [-0.05, 0) is 59.3 Å². The molecule has 0 aliphatic heterocycles. The Morgan fingerprint density at radius 3 is 2.08 bits per heavy atom. The van der Waals surface area contributed by atoms with E-state index < -0.39 is 8.32 Å². The van der Waals surface area contributed by atoms with E-state index in [4.69, 9.17) is 16.0 Å². The number of benzene rings is 1. The van der Waals surface area contributed by atoms with Crippen molar-refractivity contribution in [3.05, 3.63) is 46.2 Å². The van der Waals surface area contributed by atoms with Gasteiger partial charge in [0.2, 0.25) is 0 Å². The van der Waals surface area contributed by atoms with Gasteiger partial charge in [-0.25, -0.2) is 0 Å². The first-order valence-electron chi connectivity index (χ1n) is 8.68. The molecule has 0 aliphatic carbocycles. The normalized spacial score (nSPS) is 12.7. The minimum absolute atomic E-state index is 0.0831. The number of hydrogen-bond acceptors (Lipinski definition) is 1. The Labute approximate surface area is 154 Å². The summed E-state index contributed by atoms with van der Waals surface area (Å²) in [7, 11) is -1.69. The highest BCUT2D eigenvalue weighted by Gasteiger charge is 2.37. The van der Waals surface area contributed by atoms with Crippen LogP contribution in [0, 0.1) is 5.41 Å². The maximum absolute atomic E-state index is 6.33. The molecule has 24 heavy (non-hydrogen) atoms. The third kappa shape index (κ3) is 6.61. The van der Waals surface area contributed by atoms with Crippen LogP contribution in [0.25, 0.3) is 6.08 Å². The monoisotopic (exact) mass is 364 g/mol. The largest absolute Gasteiger partial charge is 0.416 e. The topological polar surface area (TPSA) is 9.23 Å². The lowest BCUT2D eigenvalue weighted by atomic mass is 9.85. The van der Waals surface area contributed by atoms with Gasteiger partial charge in [0.1, 0.15) is 0 Å². The van der Waals surface area contributed by atoms with Crippen LogP contribution in [-0.2, 0) is 4.43 Å². The van der Waals surface area contributed by atoms with Gasteiger partial charge in [0, 0.05) is 11.6 Å². The van der Waals surface area contributed by atoms with Crippen molar-refractivity contribution in [1.82, 2.24) is 0 Å². The molecule has 0 fully saturated rings. The molecule has 0 saturated carbocycles. The quantitative estimate of drug-likeness (QED) is 0.392. The molecule has 0 aromatic heterocycles. The van der Waals surface area contributed by atoms with Crippen LogP contribution in [0.5, 0.6) is 0 Å². The molecular formula is C21H33ClOSi. The number of hydrogen-bond donors (Lipinski definition) is 0. The molecule has 134 valence electrons. The van der Waals surface area contributed by atoms with Gasteiger partial charge in [-0.1, -0.05) is 65.3 Å². The smallest absolute Gasteiger partial charge is 0.191 e. The van der Waals surface area contributed by atoms with Crippen LogP contribution in [0.1, 0.15) is 53.5 Å². The van der Waals surface area contributed by atoms with E-state index in [-0.39, 0.29) is 10.5 Å². The highest BCUT2D eigenvalue weighted by Crippen LogP contribution is 2.37. The van der Waals surface area contributed by atoms with Crippen molar-refractivity contribution in [2.24, 2.45) is 5.41 Å². The van der Waals surface area contributed by atoms with E-state index in [1.165, 1.54) is 5.57 Å². The predicted molar refractivity (Wildman–Crippen MR) is 110 cm³/mol. The molecule has 0 saturated heterocycles. The van der Waals surface area contributed by atoms with Gasteiger partial charge in [-0.3, -0.25) is 0 Å². The molecule has 0 aliphatic rings. The van der Waals surface area contributed by atoms with Crippen molar-refractivity contribution in [2.45, 2.75) is 66.1 Å². The Kier molecular flexibility index (Phi) is 7.13. The van der Waals surface area contributed by atoms with Crippen LogP contribution in [0.3, 0.4) is 0 Å². The summed E-state index contributed by atoms with van der Waals surface area (Å²) in [6.07, 6.45) is 2.96. The predicted octanol–water partition coefficient (Wildman–Crippen LogP) is 7.34. The lowest BCUT2D eigenvalue weighted by molar-refractivity contribution is 0.282. The summed E-state index contributed by atoms with van der Waals surface area (Å²) >= 11 is 5.94. The average molecular weight is 365 g/mol. The molecule has 0 unspecified atom stereocenters. The second kappa shape index (κ2) is 8.06. The van der Waals surface area contributed by atoms with Crippen LogP contribution in [0.4, 0.5) is 0 Å². The molecule has 0 bridgehead atoms. The van der Waals surface area contributed by atoms with Crippen molar-refractivity contribution in [3.8, 4) is 0 Å². The van der Waals surface area contributed by atoms with Gasteiger partial charge >= 0.3 is 0 Å². The molecule has 0 spiro atoms. The van der Waals surface area contributed by atoms with E-state index in [0.29, 0.717) is 0 Å². The summed E-state index contributed by atoms with van der Waals surface area (Å²) in [5.74, 6) is 0. The van der Waals surface area contributed by atoms with Crippen molar-refractivity contribution >= 4 is 26.0 Å². The lowest BCUT2D eigenvalue weighted by Crippen LogP contribution is -2.41. The van der Waals surface area contributed by atoms with Crippen LogP contribution in [0.2, 0.25) is 23.2 Å². The fraction of sp³-hybridized carbons (Fsp3) is 0.571. The first kappa shape index (κ1) is 21.2. The minimum atomic E-state index is -1.69. The van der Waals surface area contributed by atoms with Crippen molar-refractivity contribution in [1.29, 1.82) is 0 Å². The molecule has 0 radical (unpaired) electrons. The molecule has 1 aromatic rings. The highest BCUT2D eigenvalue weighted by atomic mass is 35.5. The fourth-order valence-electron chi connectivity index (χ4n) is 2.02. The van der Waals surface area contributed by atoms with Crippen LogP contribution in [0.15, 0.2) is 35.6 Å². The molecule has 0 atom stereocenters. The number of halogens is 1. The van der Waals surface area contributed by atoms with E-state index in [0.717, 1.165) is 23.6 Å². The van der Waals surface area contributed by atoms with Gasteiger partial charge in [0.05, 0.1) is 0 Å². The zero-order valence-corrected chi connectivity index (χ0v) is 18.3. The third-order valence-corrected chi connectivity index (χ3v) is 9.60. The van der Waals surface area contributed by atoms with E-state index in [9.17, 15) is 0 Å². The first-order chi connectivity index (χ1) is 10.8. The lowest BCUT2D eigenvalue weighted by Gasteiger charge is -2.36. The molecule has 3 heteroatoms. The van der Waals surface area contributed by atoms with Gasteiger partial charge in [0.15, 0.2) is 8.32 Å². The number of rotatable bonds is 5. The van der Waals surface area contributed by atoms with E-state index >= 15 is 0 Å². The fourth-order valence-corrected chi connectivity index (χ4v) is 3.19. The summed E-state index contributed by atoms with van der Waals surface area (Å²) in [5.41, 5.74) is 5.99. The Morgan fingerprint density at radius 1 is 1.08 bits per heavy atom. The molecule has 0 N–H and O–H groups in total. The van der Waals surface area contributed by atoms with E-state index in [2.05, 4.69) is 60.4 Å². The van der Waals surface area contributed by atoms with Crippen LogP contribution >= 0.6 is 11.6 Å². The molecule has 0 amide bonds. The van der Waals surface area contributed by atoms with Crippen LogP contribution in [-0.4, -0.2) is 14.9 Å². The second-order valence-electron chi connectivity index (χ2n) is 8.93. The van der Waals surface area contributed by atoms with E-state index in [1.54, 1.807) is 0 Å². The third-order valence-electron chi connectivity index (χ3n) is 4.81. The Bertz CT molecular complexity index is 594. The van der Waals surface area contributed by atoms with Crippen LogP contribution < -0.4 is 0 Å². The summed E-state index contributed by atoms with van der Waals surface area (Å²) < 4.78 is 6.33. The molecule has 1 nitrogen and oxygen atoms in total. The van der Waals surface area contributed by atoms with Gasteiger partial charge in [0.25, 0.3) is 0 Å². The standard InChI is InChI=1S/C21H33ClOSi/c1-20(2,3)18(12-9-17-10-13-19(22)14-11-17)15-16-23-24(7,8)21(4,5)6/h9-11,13-14H,15-16H2,1-8H3. The summed E-state index contributed by atoms with van der Waals surface area (Å²) in [6, 6.07) is 7.85. The second-order valence-corrected chi connectivity index (χ2v) is 14.2. The highest BCUT2D eigenvalue weighted by molar-refractivity contribution is 6.74. The van der Waals surface area contributed by atoms with Crippen molar-refractivity contribution in [2.75, 3.05) is 6.61 Å². The van der Waals surface area contributed by atoms with Gasteiger partial charge < -0.3 is 4.43 Å². The Morgan fingerprint density at radius 2 is 1.62 bits per heavy atom. The maximum Gasteiger partial charge on any atom is 0.191 e. The van der Waals surface area contributed by atoms with Crippen molar-refractivity contribution in [3.63, 3.8) is 0 Å². The van der Waals surface area contributed by atoms with Gasteiger partial charge in [-0.15, -0.1) is 5.73 Å². The molecule has 1 aromatic carbocycles. The summed E-state index contributed by atoms with van der Waals surface area (Å²) in [5, 5.41) is 1.01. The Balaban J connectivity index is 2.88.